The van der Waals surface area contributed by atoms with Crippen LogP contribution in [0, 0.1) is 5.82 Å². The molecule has 6 nitrogen and oxygen atoms in total. The van der Waals surface area contributed by atoms with Crippen molar-refractivity contribution in [3.8, 4) is 0 Å². The predicted octanol–water partition coefficient (Wildman–Crippen LogP) is 2.24. The van der Waals surface area contributed by atoms with Gasteiger partial charge in [-0.25, -0.2) is 9.38 Å². The molecule has 2 aromatic rings. The topological polar surface area (TPSA) is 73.8 Å². The molecule has 0 aliphatic carbocycles. The molecule has 2 amide bonds. The van der Waals surface area contributed by atoms with E-state index in [9.17, 15) is 14.0 Å². The number of carbonyl (C=O) groups is 2. The van der Waals surface area contributed by atoms with Crippen LogP contribution < -0.4 is 15.5 Å². The summed E-state index contributed by atoms with van der Waals surface area (Å²) in [5, 5.41) is 5.11. The van der Waals surface area contributed by atoms with Crippen molar-refractivity contribution in [1.82, 2.24) is 10.6 Å². The zero-order valence-corrected chi connectivity index (χ0v) is 14.5. The molecule has 1 atom stereocenters. The first kappa shape index (κ1) is 17.6. The molecular formula is C19H19FN4O2. The lowest BCUT2D eigenvalue weighted by molar-refractivity contribution is -0.120. The molecule has 1 aliphatic rings. The molecule has 7 heteroatoms. The van der Waals surface area contributed by atoms with Crippen LogP contribution in [0.15, 0.2) is 53.5 Å². The molecule has 0 spiro atoms. The summed E-state index contributed by atoms with van der Waals surface area (Å²) in [6.45, 7) is 0. The van der Waals surface area contributed by atoms with E-state index in [-0.39, 0.29) is 18.3 Å². The molecular weight excluding hydrogens is 335 g/mol. The van der Waals surface area contributed by atoms with Crippen molar-refractivity contribution < 1.29 is 14.0 Å². The summed E-state index contributed by atoms with van der Waals surface area (Å²) < 4.78 is 14.0. The van der Waals surface area contributed by atoms with E-state index in [1.54, 1.807) is 36.4 Å². The minimum absolute atomic E-state index is 0.0229. The van der Waals surface area contributed by atoms with E-state index in [1.165, 1.54) is 6.07 Å². The van der Waals surface area contributed by atoms with Crippen molar-refractivity contribution >= 4 is 23.5 Å². The number of hydrogen-bond donors (Lipinski definition) is 2. The highest BCUT2D eigenvalue weighted by Gasteiger charge is 2.25. The summed E-state index contributed by atoms with van der Waals surface area (Å²) in [5.41, 5.74) is 1.63. The number of anilines is 1. The van der Waals surface area contributed by atoms with E-state index in [2.05, 4.69) is 15.6 Å². The quantitative estimate of drug-likeness (QED) is 0.888. The highest BCUT2D eigenvalue weighted by atomic mass is 19.1. The Bertz CT molecular complexity index is 879. The second-order valence-electron chi connectivity index (χ2n) is 6.17. The first-order chi connectivity index (χ1) is 12.4. The Balaban J connectivity index is 1.82. The van der Waals surface area contributed by atoms with Crippen LogP contribution in [0.3, 0.4) is 0 Å². The zero-order chi connectivity index (χ0) is 18.7. The maximum Gasteiger partial charge on any atom is 0.258 e. The van der Waals surface area contributed by atoms with Crippen LogP contribution >= 0.6 is 0 Å². The molecule has 0 saturated heterocycles. The number of benzene rings is 2. The van der Waals surface area contributed by atoms with Crippen LogP contribution in [-0.4, -0.2) is 31.9 Å². The minimum Gasteiger partial charge on any atom is -0.378 e. The third-order valence-electron chi connectivity index (χ3n) is 4.04. The zero-order valence-electron chi connectivity index (χ0n) is 14.5. The maximum absolute atomic E-state index is 14.0. The standard InChI is InChI=1S/C19H19FN4O2/c1-24(2)13-7-5-6-12(10-13)18(26)23-19-21-16(11-17(25)22-19)14-8-3-4-9-15(14)20/h3-10,16H,11H2,1-2H3,(H2,21,22,23,25,26)/t16-/m0/s1. The molecule has 0 saturated carbocycles. The van der Waals surface area contributed by atoms with Crippen LogP contribution in [0.5, 0.6) is 0 Å². The Kier molecular flexibility index (Phi) is 4.97. The summed E-state index contributed by atoms with van der Waals surface area (Å²) in [7, 11) is 3.75. The summed E-state index contributed by atoms with van der Waals surface area (Å²) in [5.74, 6) is -1.14. The smallest absolute Gasteiger partial charge is 0.258 e. The Morgan fingerprint density at radius 3 is 2.73 bits per heavy atom. The minimum atomic E-state index is -0.673. The van der Waals surface area contributed by atoms with Gasteiger partial charge in [0.05, 0.1) is 12.5 Å². The maximum atomic E-state index is 14.0. The summed E-state index contributed by atoms with van der Waals surface area (Å²) in [6, 6.07) is 12.5. The number of nitrogens with zero attached hydrogens (tertiary/aromatic N) is 2. The number of carbonyl (C=O) groups excluding carboxylic acids is 2. The number of aliphatic imine (C=N–C) groups is 1. The van der Waals surface area contributed by atoms with Crippen molar-refractivity contribution in [3.05, 3.63) is 65.5 Å². The summed E-state index contributed by atoms with van der Waals surface area (Å²) >= 11 is 0. The molecule has 2 aromatic carbocycles. The van der Waals surface area contributed by atoms with Gasteiger partial charge >= 0.3 is 0 Å². The second kappa shape index (κ2) is 7.35. The van der Waals surface area contributed by atoms with Crippen molar-refractivity contribution in [2.24, 2.45) is 4.99 Å². The average molecular weight is 354 g/mol. The molecule has 0 fully saturated rings. The van der Waals surface area contributed by atoms with E-state index in [0.29, 0.717) is 11.1 Å². The van der Waals surface area contributed by atoms with E-state index < -0.39 is 17.8 Å². The number of halogens is 1. The van der Waals surface area contributed by atoms with Gasteiger partial charge in [0.2, 0.25) is 11.9 Å². The van der Waals surface area contributed by atoms with Crippen molar-refractivity contribution in [2.45, 2.75) is 12.5 Å². The SMILES string of the molecule is CN(C)c1cccc(C(=O)NC2=N[C@H](c3ccccc3F)CC(=O)N2)c1. The van der Waals surface area contributed by atoms with E-state index in [4.69, 9.17) is 0 Å². The molecule has 134 valence electrons. The molecule has 0 aromatic heterocycles. The Morgan fingerprint density at radius 1 is 1.23 bits per heavy atom. The average Bonchev–Trinajstić information content (AvgIpc) is 2.61. The third-order valence-corrected chi connectivity index (χ3v) is 4.04. The highest BCUT2D eigenvalue weighted by Crippen LogP contribution is 2.25. The number of rotatable bonds is 3. The Labute approximate surface area is 150 Å². The van der Waals surface area contributed by atoms with Crippen LogP contribution in [-0.2, 0) is 4.79 Å². The molecule has 1 heterocycles. The fourth-order valence-corrected chi connectivity index (χ4v) is 2.69. The fraction of sp³-hybridized carbons (Fsp3) is 0.211. The highest BCUT2D eigenvalue weighted by molar-refractivity contribution is 6.10. The van der Waals surface area contributed by atoms with Crippen LogP contribution in [0.1, 0.15) is 28.4 Å². The Hall–Kier alpha value is -3.22. The molecule has 2 N–H and O–H groups in total. The van der Waals surface area contributed by atoms with Crippen molar-refractivity contribution in [1.29, 1.82) is 0 Å². The first-order valence-electron chi connectivity index (χ1n) is 8.15. The molecule has 0 radical (unpaired) electrons. The summed E-state index contributed by atoms with van der Waals surface area (Å²) in [6.07, 6.45) is 0.0242. The van der Waals surface area contributed by atoms with Crippen molar-refractivity contribution in [3.63, 3.8) is 0 Å². The van der Waals surface area contributed by atoms with Crippen LogP contribution in [0.4, 0.5) is 10.1 Å². The number of amides is 2. The van der Waals surface area contributed by atoms with Gasteiger partial charge in [0.1, 0.15) is 5.82 Å². The van der Waals surface area contributed by atoms with Gasteiger partial charge in [0.15, 0.2) is 0 Å². The molecule has 0 unspecified atom stereocenters. The van der Waals surface area contributed by atoms with Crippen LogP contribution in [0.2, 0.25) is 0 Å². The lowest BCUT2D eigenvalue weighted by Gasteiger charge is -2.22. The predicted molar refractivity (Wildman–Crippen MR) is 97.6 cm³/mol. The van der Waals surface area contributed by atoms with Gasteiger partial charge in [-0.1, -0.05) is 24.3 Å². The van der Waals surface area contributed by atoms with Gasteiger partial charge in [0.25, 0.3) is 5.91 Å². The van der Waals surface area contributed by atoms with E-state index in [0.717, 1.165) is 5.69 Å². The van der Waals surface area contributed by atoms with Gasteiger partial charge < -0.3 is 4.90 Å². The van der Waals surface area contributed by atoms with Gasteiger partial charge in [-0.05, 0) is 24.3 Å². The van der Waals surface area contributed by atoms with Gasteiger partial charge in [0, 0.05) is 30.9 Å². The van der Waals surface area contributed by atoms with E-state index in [1.807, 2.05) is 25.1 Å². The summed E-state index contributed by atoms with van der Waals surface area (Å²) in [4.78, 5) is 30.6. The molecule has 1 aliphatic heterocycles. The molecule has 26 heavy (non-hydrogen) atoms. The molecule has 3 rings (SSSR count). The molecule has 0 bridgehead atoms. The number of guanidine groups is 1. The number of nitrogens with one attached hydrogen (secondary N) is 2. The lowest BCUT2D eigenvalue weighted by atomic mass is 10.0. The van der Waals surface area contributed by atoms with Gasteiger partial charge in [-0.2, -0.15) is 0 Å². The van der Waals surface area contributed by atoms with E-state index >= 15 is 0 Å². The van der Waals surface area contributed by atoms with Gasteiger partial charge in [-0.15, -0.1) is 0 Å². The Morgan fingerprint density at radius 2 is 2.00 bits per heavy atom. The first-order valence-corrected chi connectivity index (χ1v) is 8.15. The largest absolute Gasteiger partial charge is 0.378 e. The number of hydrogen-bond acceptors (Lipinski definition) is 4. The third kappa shape index (κ3) is 3.88. The normalized spacial score (nSPS) is 16.5. The van der Waals surface area contributed by atoms with Gasteiger partial charge in [-0.3, -0.25) is 20.2 Å². The van der Waals surface area contributed by atoms with Crippen molar-refractivity contribution in [2.75, 3.05) is 19.0 Å². The lowest BCUT2D eigenvalue weighted by Crippen LogP contribution is -2.47. The second-order valence-corrected chi connectivity index (χ2v) is 6.17. The van der Waals surface area contributed by atoms with Crippen LogP contribution in [0.25, 0.3) is 0 Å². The monoisotopic (exact) mass is 354 g/mol. The fourth-order valence-electron chi connectivity index (χ4n) is 2.69.